The molecule has 0 aromatic carbocycles. The van der Waals surface area contributed by atoms with E-state index in [4.69, 9.17) is 4.55 Å². The minimum atomic E-state index is -3.70. The quantitative estimate of drug-likeness (QED) is 0.390. The van der Waals surface area contributed by atoms with Crippen LogP contribution in [0.2, 0.25) is 0 Å². The third-order valence-electron chi connectivity index (χ3n) is 1.26. The standard InChI is InChI=1S/C6H14O3S.Al.3H/c1-2-3-4-5-6-10(7,8)9;;;;/h2-6H2,1H3,(H,7,8,9);;;;. The maximum atomic E-state index is 10.1. The zero-order valence-corrected chi connectivity index (χ0v) is 7.02. The molecular weight excluding hydrogens is 179 g/mol. The summed E-state index contributed by atoms with van der Waals surface area (Å²) in [5.41, 5.74) is 0. The van der Waals surface area contributed by atoms with Crippen molar-refractivity contribution in [1.82, 2.24) is 0 Å². The van der Waals surface area contributed by atoms with E-state index in [9.17, 15) is 8.42 Å². The van der Waals surface area contributed by atoms with Gasteiger partial charge in [-0.3, -0.25) is 4.55 Å². The third-order valence-corrected chi connectivity index (χ3v) is 2.06. The third kappa shape index (κ3) is 13.4. The lowest BCUT2D eigenvalue weighted by molar-refractivity contribution is 0.479. The van der Waals surface area contributed by atoms with Gasteiger partial charge in [-0.15, -0.1) is 0 Å². The molecule has 0 saturated heterocycles. The normalized spacial score (nSPS) is 10.7. The van der Waals surface area contributed by atoms with Gasteiger partial charge in [0, 0.05) is 0 Å². The maximum absolute atomic E-state index is 10.1. The summed E-state index contributed by atoms with van der Waals surface area (Å²) in [6.07, 6.45) is 3.57. The van der Waals surface area contributed by atoms with Crippen molar-refractivity contribution in [2.75, 3.05) is 5.75 Å². The number of hydrogen-bond acceptors (Lipinski definition) is 2. The summed E-state index contributed by atoms with van der Waals surface area (Å²) in [6, 6.07) is 0. The molecule has 0 aromatic rings. The van der Waals surface area contributed by atoms with Gasteiger partial charge < -0.3 is 0 Å². The molecule has 0 aliphatic carbocycles. The van der Waals surface area contributed by atoms with Crippen LogP contribution in [0, 0.1) is 0 Å². The molecule has 0 saturated carbocycles. The Morgan fingerprint density at radius 2 is 1.73 bits per heavy atom. The van der Waals surface area contributed by atoms with Crippen LogP contribution in [-0.2, 0) is 10.1 Å². The monoisotopic (exact) mass is 196 g/mol. The molecule has 0 fully saturated rings. The van der Waals surface area contributed by atoms with Crippen LogP contribution in [0.3, 0.4) is 0 Å². The second-order valence-electron chi connectivity index (χ2n) is 2.35. The molecule has 0 heterocycles. The summed E-state index contributed by atoms with van der Waals surface area (Å²) in [7, 11) is -3.70. The summed E-state index contributed by atoms with van der Waals surface area (Å²) >= 11 is 0. The Balaban J connectivity index is 0. The molecule has 1 N–H and O–H groups in total. The van der Waals surface area contributed by atoms with Gasteiger partial charge in [0.25, 0.3) is 10.1 Å². The van der Waals surface area contributed by atoms with Crippen LogP contribution in [0.15, 0.2) is 0 Å². The van der Waals surface area contributed by atoms with Gasteiger partial charge in [0.1, 0.15) is 0 Å². The molecule has 0 rings (SSSR count). The largest absolute Gasteiger partial charge is 0.286 e. The van der Waals surface area contributed by atoms with Crippen LogP contribution in [0.5, 0.6) is 0 Å². The van der Waals surface area contributed by atoms with Crippen LogP contribution in [-0.4, -0.2) is 36.1 Å². The molecule has 0 spiro atoms. The zero-order valence-electron chi connectivity index (χ0n) is 6.21. The molecule has 0 radical (unpaired) electrons. The van der Waals surface area contributed by atoms with E-state index in [1.54, 1.807) is 0 Å². The lowest BCUT2D eigenvalue weighted by atomic mass is 10.2. The predicted molar refractivity (Wildman–Crippen MR) is 50.5 cm³/mol. The Bertz CT molecular complexity index is 165. The SMILES string of the molecule is CCCCCCS(=O)(=O)O.[AlH3]. The average Bonchev–Trinajstić information content (AvgIpc) is 1.78. The molecule has 0 atom stereocenters. The molecule has 0 aromatic heterocycles. The van der Waals surface area contributed by atoms with E-state index >= 15 is 0 Å². The summed E-state index contributed by atoms with van der Waals surface area (Å²) in [5, 5.41) is 0. The first-order valence-corrected chi connectivity index (χ1v) is 5.12. The van der Waals surface area contributed by atoms with Gasteiger partial charge in [0.2, 0.25) is 0 Å². The van der Waals surface area contributed by atoms with E-state index in [0.717, 1.165) is 19.3 Å². The number of rotatable bonds is 5. The van der Waals surface area contributed by atoms with Gasteiger partial charge in [-0.1, -0.05) is 26.2 Å². The molecule has 0 amide bonds. The second kappa shape index (κ2) is 7.11. The van der Waals surface area contributed by atoms with Crippen LogP contribution < -0.4 is 0 Å². The van der Waals surface area contributed by atoms with Gasteiger partial charge in [-0.05, 0) is 6.42 Å². The van der Waals surface area contributed by atoms with Crippen molar-refractivity contribution in [3.8, 4) is 0 Å². The highest BCUT2D eigenvalue weighted by molar-refractivity contribution is 7.85. The summed E-state index contributed by atoms with van der Waals surface area (Å²) in [5.74, 6) is -0.0903. The highest BCUT2D eigenvalue weighted by Crippen LogP contribution is 2.00. The van der Waals surface area contributed by atoms with Crippen molar-refractivity contribution in [3.05, 3.63) is 0 Å². The Morgan fingerprint density at radius 3 is 2.09 bits per heavy atom. The molecule has 68 valence electrons. The van der Waals surface area contributed by atoms with Crippen molar-refractivity contribution in [1.29, 1.82) is 0 Å². The van der Waals surface area contributed by atoms with Crippen molar-refractivity contribution >= 4 is 27.5 Å². The lowest BCUT2D eigenvalue weighted by Crippen LogP contribution is -2.03. The fraction of sp³-hybridized carbons (Fsp3) is 1.00. The topological polar surface area (TPSA) is 54.4 Å². The molecular formula is C6H17AlO3S. The predicted octanol–water partition coefficient (Wildman–Crippen LogP) is 0.271. The van der Waals surface area contributed by atoms with Crippen LogP contribution >= 0.6 is 0 Å². The number of unbranched alkanes of at least 4 members (excludes halogenated alkanes) is 3. The molecule has 5 heteroatoms. The summed E-state index contributed by atoms with van der Waals surface area (Å²) < 4.78 is 28.6. The van der Waals surface area contributed by atoms with Crippen molar-refractivity contribution in [2.24, 2.45) is 0 Å². The molecule has 11 heavy (non-hydrogen) atoms. The van der Waals surface area contributed by atoms with E-state index in [-0.39, 0.29) is 23.1 Å². The highest BCUT2D eigenvalue weighted by Gasteiger charge is 2.01. The Morgan fingerprint density at radius 1 is 1.18 bits per heavy atom. The molecule has 0 unspecified atom stereocenters. The zero-order chi connectivity index (χ0) is 8.04. The van der Waals surface area contributed by atoms with Gasteiger partial charge in [0.15, 0.2) is 17.4 Å². The summed E-state index contributed by atoms with van der Waals surface area (Å²) in [6.45, 7) is 2.05. The van der Waals surface area contributed by atoms with E-state index in [0.29, 0.717) is 6.42 Å². The first-order valence-electron chi connectivity index (χ1n) is 3.51. The van der Waals surface area contributed by atoms with Gasteiger partial charge in [-0.2, -0.15) is 8.42 Å². The van der Waals surface area contributed by atoms with Crippen LogP contribution in [0.4, 0.5) is 0 Å². The van der Waals surface area contributed by atoms with Crippen molar-refractivity contribution < 1.29 is 13.0 Å². The molecule has 0 bridgehead atoms. The van der Waals surface area contributed by atoms with E-state index in [2.05, 4.69) is 0 Å². The smallest absolute Gasteiger partial charge is 0.264 e. The van der Waals surface area contributed by atoms with Crippen molar-refractivity contribution in [3.63, 3.8) is 0 Å². The van der Waals surface area contributed by atoms with Gasteiger partial charge >= 0.3 is 0 Å². The minimum Gasteiger partial charge on any atom is -0.286 e. The fourth-order valence-corrected chi connectivity index (χ4v) is 1.28. The van der Waals surface area contributed by atoms with Crippen molar-refractivity contribution in [2.45, 2.75) is 32.6 Å². The maximum Gasteiger partial charge on any atom is 0.264 e. The first-order chi connectivity index (χ1) is 4.56. The Labute approximate surface area is 79.1 Å². The lowest BCUT2D eigenvalue weighted by Gasteiger charge is -1.95. The molecule has 3 nitrogen and oxygen atoms in total. The Hall–Kier alpha value is 0.442. The van der Waals surface area contributed by atoms with Gasteiger partial charge in [-0.25, -0.2) is 0 Å². The molecule has 0 aliphatic rings. The van der Waals surface area contributed by atoms with Crippen LogP contribution in [0.1, 0.15) is 32.6 Å². The minimum absolute atomic E-state index is 0. The van der Waals surface area contributed by atoms with Gasteiger partial charge in [0.05, 0.1) is 5.75 Å². The molecule has 0 aliphatic heterocycles. The fourth-order valence-electron chi connectivity index (χ4n) is 0.711. The Kier molecular flexibility index (Phi) is 9.05. The second-order valence-corrected chi connectivity index (χ2v) is 3.92. The summed E-state index contributed by atoms with van der Waals surface area (Å²) in [4.78, 5) is 0. The first kappa shape index (κ1) is 14.0. The average molecular weight is 196 g/mol. The van der Waals surface area contributed by atoms with E-state index in [1.165, 1.54) is 0 Å². The highest BCUT2D eigenvalue weighted by atomic mass is 32.2. The van der Waals surface area contributed by atoms with E-state index < -0.39 is 10.1 Å². The van der Waals surface area contributed by atoms with E-state index in [1.807, 2.05) is 6.92 Å². The number of hydrogen-bond donors (Lipinski definition) is 1. The van der Waals surface area contributed by atoms with Crippen LogP contribution in [0.25, 0.3) is 0 Å².